The van der Waals surface area contributed by atoms with Crippen LogP contribution >= 0.6 is 34.2 Å². The number of aromatic amines is 1. The average Bonchev–Trinajstić information content (AvgIpc) is 2.82. The highest BCUT2D eigenvalue weighted by molar-refractivity contribution is 14.1. The molecule has 0 saturated heterocycles. The summed E-state index contributed by atoms with van der Waals surface area (Å²) in [4.78, 5) is 16.9. The molecular weight excluding hydrogens is 425 g/mol. The summed E-state index contributed by atoms with van der Waals surface area (Å²) in [5.41, 5.74) is 2.71. The Bertz CT molecular complexity index is 909. The van der Waals surface area contributed by atoms with Gasteiger partial charge in [0.1, 0.15) is 0 Å². The van der Waals surface area contributed by atoms with E-state index in [2.05, 4.69) is 32.7 Å². The first-order chi connectivity index (χ1) is 11.0. The summed E-state index contributed by atoms with van der Waals surface area (Å²) in [7, 11) is 0. The van der Waals surface area contributed by atoms with Gasteiger partial charge < -0.3 is 0 Å². The lowest BCUT2D eigenvalue weighted by molar-refractivity contribution is 0.835. The van der Waals surface area contributed by atoms with Crippen LogP contribution in [0.5, 0.6) is 0 Å². The van der Waals surface area contributed by atoms with Gasteiger partial charge in [0.25, 0.3) is 5.56 Å². The van der Waals surface area contributed by atoms with Crippen LogP contribution in [0, 0.1) is 10.5 Å². The molecule has 0 amide bonds. The van der Waals surface area contributed by atoms with E-state index < -0.39 is 0 Å². The first kappa shape index (κ1) is 16.0. The Balaban J connectivity index is 1.96. The van der Waals surface area contributed by atoms with Crippen molar-refractivity contribution in [3.8, 4) is 5.69 Å². The molecule has 0 aliphatic rings. The van der Waals surface area contributed by atoms with Crippen LogP contribution in [0.2, 0.25) is 5.02 Å². The number of aryl methyl sites for hydroxylation is 1. The highest BCUT2D eigenvalue weighted by Gasteiger charge is 2.10. The first-order valence-electron chi connectivity index (χ1n) is 6.92. The minimum atomic E-state index is -0.140. The Morgan fingerprint density at radius 3 is 2.43 bits per heavy atom. The van der Waals surface area contributed by atoms with E-state index in [1.165, 1.54) is 4.68 Å². The van der Waals surface area contributed by atoms with Crippen LogP contribution in [-0.4, -0.2) is 16.0 Å². The van der Waals surface area contributed by atoms with Gasteiger partial charge in [-0.1, -0.05) is 11.6 Å². The number of aliphatic imine (C=N–C) groups is 1. The molecule has 0 aliphatic heterocycles. The van der Waals surface area contributed by atoms with Gasteiger partial charge in [-0.15, -0.1) is 0 Å². The number of rotatable bonds is 3. The molecule has 3 rings (SSSR count). The number of H-pyrrole nitrogens is 1. The lowest BCUT2D eigenvalue weighted by Crippen LogP contribution is -2.17. The molecule has 1 aromatic heterocycles. The number of hydrogen-bond donors (Lipinski definition) is 1. The third-order valence-electron chi connectivity index (χ3n) is 3.37. The zero-order chi connectivity index (χ0) is 16.4. The van der Waals surface area contributed by atoms with E-state index in [9.17, 15) is 4.79 Å². The molecule has 0 fully saturated rings. The van der Waals surface area contributed by atoms with Crippen LogP contribution in [0.1, 0.15) is 11.3 Å². The van der Waals surface area contributed by atoms with Crippen LogP contribution < -0.4 is 5.56 Å². The SMILES string of the molecule is Cc1[nH]n(-c2ccc(Cl)cc2)c(=O)c1C=Nc1ccc(I)cc1. The zero-order valence-electron chi connectivity index (χ0n) is 12.3. The van der Waals surface area contributed by atoms with Crippen molar-refractivity contribution in [1.82, 2.24) is 9.78 Å². The van der Waals surface area contributed by atoms with Crippen molar-refractivity contribution < 1.29 is 0 Å². The average molecular weight is 438 g/mol. The Hall–Kier alpha value is -1.86. The van der Waals surface area contributed by atoms with E-state index in [0.29, 0.717) is 10.6 Å². The van der Waals surface area contributed by atoms with Crippen LogP contribution in [0.15, 0.2) is 58.3 Å². The second-order valence-electron chi connectivity index (χ2n) is 5.00. The third kappa shape index (κ3) is 3.56. The Labute approximate surface area is 152 Å². The number of nitrogens with zero attached hydrogens (tertiary/aromatic N) is 2. The highest BCUT2D eigenvalue weighted by Crippen LogP contribution is 2.15. The van der Waals surface area contributed by atoms with E-state index in [1.54, 1.807) is 30.5 Å². The van der Waals surface area contributed by atoms with Crippen molar-refractivity contribution in [2.75, 3.05) is 0 Å². The molecule has 23 heavy (non-hydrogen) atoms. The quantitative estimate of drug-likeness (QED) is 0.477. The topological polar surface area (TPSA) is 50.1 Å². The van der Waals surface area contributed by atoms with Crippen LogP contribution in [0.3, 0.4) is 0 Å². The number of hydrogen-bond acceptors (Lipinski definition) is 2. The molecule has 0 aliphatic carbocycles. The molecule has 4 nitrogen and oxygen atoms in total. The predicted molar refractivity (Wildman–Crippen MR) is 103 cm³/mol. The molecule has 0 unspecified atom stereocenters. The Morgan fingerprint density at radius 2 is 1.78 bits per heavy atom. The van der Waals surface area contributed by atoms with Crippen LogP contribution in [0.4, 0.5) is 5.69 Å². The lowest BCUT2D eigenvalue weighted by atomic mass is 10.2. The van der Waals surface area contributed by atoms with E-state index in [1.807, 2.05) is 31.2 Å². The second-order valence-corrected chi connectivity index (χ2v) is 6.68. The number of benzene rings is 2. The summed E-state index contributed by atoms with van der Waals surface area (Å²) < 4.78 is 2.63. The molecule has 0 radical (unpaired) electrons. The Morgan fingerprint density at radius 1 is 1.13 bits per heavy atom. The number of nitrogens with one attached hydrogen (secondary N) is 1. The van der Waals surface area contributed by atoms with Crippen molar-refractivity contribution in [2.45, 2.75) is 6.92 Å². The van der Waals surface area contributed by atoms with Gasteiger partial charge >= 0.3 is 0 Å². The second kappa shape index (κ2) is 6.72. The summed E-state index contributed by atoms with van der Waals surface area (Å²) in [6, 6.07) is 14.9. The van der Waals surface area contributed by atoms with Gasteiger partial charge in [0.2, 0.25) is 0 Å². The number of halogens is 2. The summed E-state index contributed by atoms with van der Waals surface area (Å²) in [6.45, 7) is 1.85. The molecule has 0 atom stereocenters. The minimum Gasteiger partial charge on any atom is -0.295 e. The fraction of sp³-hybridized carbons (Fsp3) is 0.0588. The van der Waals surface area contributed by atoms with Gasteiger partial charge in [0.05, 0.1) is 16.9 Å². The summed E-state index contributed by atoms with van der Waals surface area (Å²) in [6.07, 6.45) is 1.60. The van der Waals surface area contributed by atoms with Gasteiger partial charge in [-0.2, -0.15) is 0 Å². The van der Waals surface area contributed by atoms with Crippen molar-refractivity contribution in [3.05, 3.63) is 78.7 Å². The maximum Gasteiger partial charge on any atom is 0.280 e. The van der Waals surface area contributed by atoms with E-state index in [0.717, 1.165) is 20.6 Å². The molecule has 3 aromatic rings. The predicted octanol–water partition coefficient (Wildman–Crippen LogP) is 4.48. The molecule has 0 bridgehead atoms. The summed E-state index contributed by atoms with van der Waals surface area (Å²) in [5, 5.41) is 3.69. The van der Waals surface area contributed by atoms with E-state index in [4.69, 9.17) is 11.6 Å². The largest absolute Gasteiger partial charge is 0.295 e. The molecular formula is C17H13ClIN3O. The van der Waals surface area contributed by atoms with Gasteiger partial charge in [-0.3, -0.25) is 14.9 Å². The van der Waals surface area contributed by atoms with Crippen LogP contribution in [-0.2, 0) is 0 Å². The van der Waals surface area contributed by atoms with Gasteiger partial charge in [-0.05, 0) is 78.0 Å². The van der Waals surface area contributed by atoms with E-state index >= 15 is 0 Å². The lowest BCUT2D eigenvalue weighted by Gasteiger charge is -2.00. The third-order valence-corrected chi connectivity index (χ3v) is 4.34. The van der Waals surface area contributed by atoms with Crippen molar-refractivity contribution in [2.24, 2.45) is 4.99 Å². The van der Waals surface area contributed by atoms with Gasteiger partial charge in [-0.25, -0.2) is 4.68 Å². The first-order valence-corrected chi connectivity index (χ1v) is 8.37. The zero-order valence-corrected chi connectivity index (χ0v) is 15.2. The standard InChI is InChI=1S/C17H13ClIN3O/c1-11-16(10-20-14-6-4-13(19)5-7-14)17(23)22(21-11)15-8-2-12(18)3-9-15/h2-10,21H,1H3. The van der Waals surface area contributed by atoms with Crippen molar-refractivity contribution in [1.29, 1.82) is 0 Å². The maximum atomic E-state index is 12.6. The molecule has 116 valence electrons. The minimum absolute atomic E-state index is 0.140. The normalized spacial score (nSPS) is 11.3. The van der Waals surface area contributed by atoms with Gasteiger partial charge in [0.15, 0.2) is 0 Å². The summed E-state index contributed by atoms with van der Waals surface area (Å²) in [5.74, 6) is 0. The van der Waals surface area contributed by atoms with Crippen LogP contribution in [0.25, 0.3) is 5.69 Å². The van der Waals surface area contributed by atoms with Gasteiger partial charge in [0, 0.05) is 20.5 Å². The molecule has 0 saturated carbocycles. The molecule has 1 heterocycles. The fourth-order valence-corrected chi connectivity index (χ4v) is 2.64. The fourth-order valence-electron chi connectivity index (χ4n) is 2.15. The molecule has 0 spiro atoms. The van der Waals surface area contributed by atoms with E-state index in [-0.39, 0.29) is 5.56 Å². The maximum absolute atomic E-state index is 12.6. The molecule has 1 N–H and O–H groups in total. The Kier molecular flexibility index (Phi) is 4.68. The monoisotopic (exact) mass is 437 g/mol. The molecule has 2 aromatic carbocycles. The molecule has 6 heteroatoms. The van der Waals surface area contributed by atoms with Crippen molar-refractivity contribution >= 4 is 46.1 Å². The number of aromatic nitrogens is 2. The highest BCUT2D eigenvalue weighted by atomic mass is 127. The smallest absolute Gasteiger partial charge is 0.280 e. The van der Waals surface area contributed by atoms with Crippen molar-refractivity contribution in [3.63, 3.8) is 0 Å². The summed E-state index contributed by atoms with van der Waals surface area (Å²) >= 11 is 8.12.